The van der Waals surface area contributed by atoms with Crippen LogP contribution in [0.25, 0.3) is 81.8 Å². The van der Waals surface area contributed by atoms with Crippen LogP contribution in [0.2, 0.25) is 0 Å². The molecular weight excluding hydrogens is 502 g/mol. The maximum Gasteiger partial charge on any atom is 0.197 e. The van der Waals surface area contributed by atoms with Crippen molar-refractivity contribution in [2.75, 3.05) is 0 Å². The fourth-order valence-corrected chi connectivity index (χ4v) is 6.68. The zero-order valence-corrected chi connectivity index (χ0v) is 21.9. The van der Waals surface area contributed by atoms with Crippen LogP contribution in [0.5, 0.6) is 0 Å². The first-order chi connectivity index (χ1) is 20.3. The van der Waals surface area contributed by atoms with Crippen LogP contribution in [0.15, 0.2) is 132 Å². The van der Waals surface area contributed by atoms with E-state index in [1.54, 1.807) is 0 Å². The maximum absolute atomic E-state index is 7.83. The van der Waals surface area contributed by atoms with E-state index in [4.69, 9.17) is 11.0 Å². The van der Waals surface area contributed by atoms with E-state index in [9.17, 15) is 0 Å². The van der Waals surface area contributed by atoms with Crippen molar-refractivity contribution in [2.24, 2.45) is 0 Å². The topological polar surface area (TPSA) is 27.4 Å². The van der Waals surface area contributed by atoms with Crippen LogP contribution in [0.4, 0.5) is 5.69 Å². The van der Waals surface area contributed by atoms with E-state index in [2.05, 4.69) is 111 Å². The van der Waals surface area contributed by atoms with Gasteiger partial charge in [0.05, 0.1) is 34.2 Å². The molecule has 3 aromatic heterocycles. The fraction of sp³-hybridized carbons (Fsp3) is 0. The molecule has 4 heteroatoms. The van der Waals surface area contributed by atoms with E-state index < -0.39 is 0 Å². The summed E-state index contributed by atoms with van der Waals surface area (Å²) < 4.78 is 11.1. The second-order valence-electron chi connectivity index (χ2n) is 10.4. The van der Waals surface area contributed by atoms with Crippen LogP contribution >= 0.6 is 0 Å². The van der Waals surface area contributed by atoms with Crippen LogP contribution in [-0.4, -0.2) is 9.13 Å². The molecule has 0 amide bonds. The average Bonchev–Trinajstić information content (AvgIpc) is 3.68. The normalized spacial score (nSPS) is 11.9. The number of rotatable bonds is 2. The second kappa shape index (κ2) is 8.11. The Labute approximate surface area is 234 Å². The Morgan fingerprint density at radius 3 is 1.85 bits per heavy atom. The van der Waals surface area contributed by atoms with E-state index in [-0.39, 0.29) is 0 Å². The van der Waals surface area contributed by atoms with Gasteiger partial charge in [-0.3, -0.25) is 0 Å². The van der Waals surface area contributed by atoms with Gasteiger partial charge in [0.15, 0.2) is 5.69 Å². The Bertz CT molecular complexity index is 2500. The molecule has 0 aliphatic rings. The lowest BCUT2D eigenvalue weighted by molar-refractivity contribution is 0.669. The zero-order chi connectivity index (χ0) is 27.1. The summed E-state index contributed by atoms with van der Waals surface area (Å²) in [6.45, 7) is 7.83. The van der Waals surface area contributed by atoms with E-state index in [0.717, 1.165) is 55.1 Å². The molecule has 0 unspecified atom stereocenters. The summed E-state index contributed by atoms with van der Waals surface area (Å²) in [6, 6.07) is 44.2. The predicted molar refractivity (Wildman–Crippen MR) is 169 cm³/mol. The standard InChI is InChI=1S/C37H21N3O/c1-38-28-13-8-17-32-36(28)26-12-4-7-16-31(26)40(32)33-18-9-19-35-37(33)27-22-23(20-21-34(27)41-35)39-29-14-5-2-10-24(29)25-11-3-6-15-30(25)39/h2-22H. The molecule has 9 aromatic rings. The zero-order valence-electron chi connectivity index (χ0n) is 21.9. The molecule has 0 saturated heterocycles. The molecule has 190 valence electrons. The van der Waals surface area contributed by atoms with Gasteiger partial charge in [-0.05, 0) is 60.0 Å². The molecule has 4 nitrogen and oxygen atoms in total. The van der Waals surface area contributed by atoms with Crippen LogP contribution in [0, 0.1) is 6.57 Å². The molecule has 0 spiro atoms. The van der Waals surface area contributed by atoms with Gasteiger partial charge in [-0.2, -0.15) is 0 Å². The third-order valence-corrected chi connectivity index (χ3v) is 8.33. The molecular formula is C37H21N3O. The molecule has 9 rings (SSSR count). The van der Waals surface area contributed by atoms with Gasteiger partial charge >= 0.3 is 0 Å². The highest BCUT2D eigenvalue weighted by Crippen LogP contribution is 2.42. The molecule has 0 aliphatic heterocycles. The third-order valence-electron chi connectivity index (χ3n) is 8.33. The van der Waals surface area contributed by atoms with Crippen LogP contribution in [0.1, 0.15) is 0 Å². The molecule has 0 atom stereocenters. The first-order valence-electron chi connectivity index (χ1n) is 13.7. The van der Waals surface area contributed by atoms with Gasteiger partial charge in [0.25, 0.3) is 0 Å². The molecule has 0 bridgehead atoms. The average molecular weight is 524 g/mol. The summed E-state index contributed by atoms with van der Waals surface area (Å²) in [5.41, 5.74) is 8.90. The lowest BCUT2D eigenvalue weighted by Gasteiger charge is -2.11. The van der Waals surface area contributed by atoms with Crippen LogP contribution in [0.3, 0.4) is 0 Å². The van der Waals surface area contributed by atoms with E-state index in [1.807, 2.05) is 30.3 Å². The van der Waals surface area contributed by atoms with Gasteiger partial charge in [0.2, 0.25) is 0 Å². The lowest BCUT2D eigenvalue weighted by atomic mass is 10.1. The van der Waals surface area contributed by atoms with Crippen LogP contribution < -0.4 is 0 Å². The Kier molecular flexibility index (Phi) is 4.37. The number of furan rings is 1. The third kappa shape index (κ3) is 2.92. The minimum atomic E-state index is 0.662. The number of fused-ring (bicyclic) bond motifs is 9. The number of aromatic nitrogens is 2. The van der Waals surface area contributed by atoms with Crippen molar-refractivity contribution < 1.29 is 4.42 Å². The first kappa shape index (κ1) is 22.1. The van der Waals surface area contributed by atoms with Gasteiger partial charge in [-0.25, -0.2) is 4.85 Å². The van der Waals surface area contributed by atoms with Crippen molar-refractivity contribution in [3.8, 4) is 11.4 Å². The second-order valence-corrected chi connectivity index (χ2v) is 10.4. The molecule has 0 fully saturated rings. The largest absolute Gasteiger partial charge is 0.456 e. The molecule has 6 aromatic carbocycles. The van der Waals surface area contributed by atoms with Crippen molar-refractivity contribution in [1.82, 2.24) is 9.13 Å². The summed E-state index contributed by atoms with van der Waals surface area (Å²) in [7, 11) is 0. The van der Waals surface area contributed by atoms with Gasteiger partial charge in [-0.15, -0.1) is 0 Å². The highest BCUT2D eigenvalue weighted by molar-refractivity contribution is 6.18. The Hall–Kier alpha value is -5.79. The van der Waals surface area contributed by atoms with Crippen molar-refractivity contribution in [2.45, 2.75) is 0 Å². The van der Waals surface area contributed by atoms with E-state index in [0.29, 0.717) is 5.69 Å². The lowest BCUT2D eigenvalue weighted by Crippen LogP contribution is -1.95. The van der Waals surface area contributed by atoms with Crippen molar-refractivity contribution in [3.63, 3.8) is 0 Å². The molecule has 0 saturated carbocycles. The summed E-state index contributed by atoms with van der Waals surface area (Å²) in [5.74, 6) is 0. The first-order valence-corrected chi connectivity index (χ1v) is 13.7. The van der Waals surface area contributed by atoms with Crippen molar-refractivity contribution >= 4 is 71.2 Å². The summed E-state index contributed by atoms with van der Waals surface area (Å²) in [4.78, 5) is 3.86. The quantitative estimate of drug-likeness (QED) is 0.207. The Morgan fingerprint density at radius 2 is 1.12 bits per heavy atom. The van der Waals surface area contributed by atoms with Gasteiger partial charge in [-0.1, -0.05) is 72.8 Å². The SMILES string of the molecule is [C-]#[N+]c1cccc2c1c1ccccc1n2-c1cccc2oc3ccc(-n4c5ccccc5c5ccccc54)cc3c12. The van der Waals surface area contributed by atoms with E-state index in [1.165, 1.54) is 21.8 Å². The fourth-order valence-electron chi connectivity index (χ4n) is 6.68. The van der Waals surface area contributed by atoms with Gasteiger partial charge in [0, 0.05) is 32.7 Å². The Morgan fingerprint density at radius 1 is 0.488 bits per heavy atom. The minimum Gasteiger partial charge on any atom is -0.456 e. The number of benzene rings is 6. The predicted octanol–water partition coefficient (Wildman–Crippen LogP) is 10.3. The monoisotopic (exact) mass is 523 g/mol. The maximum atomic E-state index is 7.83. The molecule has 0 radical (unpaired) electrons. The van der Waals surface area contributed by atoms with Crippen molar-refractivity contribution in [1.29, 1.82) is 0 Å². The summed E-state index contributed by atoms with van der Waals surface area (Å²) >= 11 is 0. The summed E-state index contributed by atoms with van der Waals surface area (Å²) in [6.07, 6.45) is 0. The molecule has 0 N–H and O–H groups in total. The molecule has 41 heavy (non-hydrogen) atoms. The van der Waals surface area contributed by atoms with Crippen LogP contribution in [-0.2, 0) is 0 Å². The van der Waals surface area contributed by atoms with Crippen molar-refractivity contribution in [3.05, 3.63) is 139 Å². The van der Waals surface area contributed by atoms with E-state index >= 15 is 0 Å². The van der Waals surface area contributed by atoms with Gasteiger partial charge < -0.3 is 13.6 Å². The molecule has 3 heterocycles. The number of nitrogens with zero attached hydrogens (tertiary/aromatic N) is 3. The minimum absolute atomic E-state index is 0.662. The number of hydrogen-bond acceptors (Lipinski definition) is 1. The number of para-hydroxylation sites is 3. The van der Waals surface area contributed by atoms with Gasteiger partial charge in [0.1, 0.15) is 11.2 Å². The smallest absolute Gasteiger partial charge is 0.197 e. The Balaban J connectivity index is 1.40. The highest BCUT2D eigenvalue weighted by atomic mass is 16.3. The number of hydrogen-bond donors (Lipinski definition) is 0. The summed E-state index contributed by atoms with van der Waals surface area (Å²) in [5, 5.41) is 6.64. The molecule has 0 aliphatic carbocycles. The highest BCUT2D eigenvalue weighted by Gasteiger charge is 2.20.